The predicted octanol–water partition coefficient (Wildman–Crippen LogP) is 5.23. The van der Waals surface area contributed by atoms with E-state index in [1.807, 2.05) is 36.4 Å². The molecule has 0 bridgehead atoms. The number of amides is 1. The summed E-state index contributed by atoms with van der Waals surface area (Å²) in [5.41, 5.74) is 5.10. The summed E-state index contributed by atoms with van der Waals surface area (Å²) >= 11 is 3.40. The highest BCUT2D eigenvalue weighted by atomic mass is 79.9. The molecule has 0 fully saturated rings. The van der Waals surface area contributed by atoms with E-state index in [-0.39, 0.29) is 5.75 Å². The van der Waals surface area contributed by atoms with Crippen molar-refractivity contribution >= 4 is 28.1 Å². The molecule has 0 aliphatic heterocycles. The lowest BCUT2D eigenvalue weighted by molar-refractivity contribution is 0.0950. The molecule has 5 nitrogen and oxygen atoms in total. The molecule has 2 N–H and O–H groups in total. The van der Waals surface area contributed by atoms with Crippen molar-refractivity contribution in [2.45, 2.75) is 13.0 Å². The molecule has 6 heteroatoms. The molecule has 0 atom stereocenters. The Kier molecular flexibility index (Phi) is 7.40. The van der Waals surface area contributed by atoms with E-state index in [0.29, 0.717) is 29.9 Å². The Bertz CT molecular complexity index is 1060. The zero-order valence-corrected chi connectivity index (χ0v) is 17.8. The Morgan fingerprint density at radius 2 is 1.87 bits per heavy atom. The van der Waals surface area contributed by atoms with Crippen LogP contribution in [0.15, 0.2) is 89.0 Å². The van der Waals surface area contributed by atoms with Crippen molar-refractivity contribution < 1.29 is 14.6 Å². The number of allylic oxidation sites excluding steroid dienone is 1. The number of carbonyl (C=O) groups excluding carboxylic acids is 1. The number of carbonyl (C=O) groups is 1. The van der Waals surface area contributed by atoms with E-state index in [2.05, 4.69) is 33.0 Å². The number of nitrogens with zero attached hydrogens (tertiary/aromatic N) is 1. The highest BCUT2D eigenvalue weighted by Gasteiger charge is 2.12. The lowest BCUT2D eigenvalue weighted by Crippen LogP contribution is -2.18. The lowest BCUT2D eigenvalue weighted by Gasteiger charge is -2.10. The Hall–Kier alpha value is -3.38. The average molecular weight is 465 g/mol. The van der Waals surface area contributed by atoms with Gasteiger partial charge in [-0.15, -0.1) is 6.58 Å². The van der Waals surface area contributed by atoms with Crippen LogP contribution in [-0.2, 0) is 13.0 Å². The fourth-order valence-corrected chi connectivity index (χ4v) is 3.04. The molecule has 3 aromatic carbocycles. The Morgan fingerprint density at radius 1 is 1.10 bits per heavy atom. The maximum absolute atomic E-state index is 12.6. The summed E-state index contributed by atoms with van der Waals surface area (Å²) in [7, 11) is 0. The maximum Gasteiger partial charge on any atom is 0.275 e. The molecule has 0 aliphatic rings. The van der Waals surface area contributed by atoms with Gasteiger partial charge in [0.05, 0.1) is 11.8 Å². The van der Waals surface area contributed by atoms with Gasteiger partial charge in [-0.3, -0.25) is 4.79 Å². The number of nitrogens with one attached hydrogen (secondary N) is 1. The highest BCUT2D eigenvalue weighted by molar-refractivity contribution is 9.10. The zero-order chi connectivity index (χ0) is 21.3. The van der Waals surface area contributed by atoms with Gasteiger partial charge in [0, 0.05) is 10.0 Å². The Balaban J connectivity index is 1.67. The van der Waals surface area contributed by atoms with Crippen molar-refractivity contribution in [3.8, 4) is 11.5 Å². The smallest absolute Gasteiger partial charge is 0.275 e. The van der Waals surface area contributed by atoms with E-state index in [0.717, 1.165) is 15.6 Å². The second-order valence-electron chi connectivity index (χ2n) is 6.46. The third-order valence-corrected chi connectivity index (χ3v) is 4.85. The molecule has 30 heavy (non-hydrogen) atoms. The van der Waals surface area contributed by atoms with Gasteiger partial charge in [-0.2, -0.15) is 5.10 Å². The zero-order valence-electron chi connectivity index (χ0n) is 16.2. The van der Waals surface area contributed by atoms with Crippen LogP contribution in [0, 0.1) is 0 Å². The van der Waals surface area contributed by atoms with Crippen molar-refractivity contribution in [1.82, 2.24) is 5.43 Å². The van der Waals surface area contributed by atoms with Crippen LogP contribution in [0.5, 0.6) is 11.5 Å². The summed E-state index contributed by atoms with van der Waals surface area (Å²) in [6.45, 7) is 4.01. The number of benzene rings is 3. The van der Waals surface area contributed by atoms with Gasteiger partial charge in [0.25, 0.3) is 5.91 Å². The minimum Gasteiger partial charge on any atom is -0.507 e. The van der Waals surface area contributed by atoms with Crippen LogP contribution >= 0.6 is 15.9 Å². The van der Waals surface area contributed by atoms with Gasteiger partial charge in [0.1, 0.15) is 18.1 Å². The fraction of sp³-hybridized carbons (Fsp3) is 0.0833. The van der Waals surface area contributed by atoms with E-state index in [4.69, 9.17) is 4.74 Å². The number of phenolic OH excluding ortho intramolecular Hbond substituents is 1. The molecular weight excluding hydrogens is 444 g/mol. The third-order valence-electron chi connectivity index (χ3n) is 4.32. The molecule has 0 saturated carbocycles. The van der Waals surface area contributed by atoms with Crippen LogP contribution in [0.1, 0.15) is 27.0 Å². The standard InChI is InChI=1S/C24H21BrN2O3/c1-2-6-18-7-5-8-19(23(18)28)15-26-27-24(29)21-9-3-4-10-22(21)30-16-17-11-13-20(25)14-12-17/h2-5,7-15,28H,1,6,16H2,(H,27,29)/b26-15-. The van der Waals surface area contributed by atoms with Crippen LogP contribution in [0.25, 0.3) is 0 Å². The largest absolute Gasteiger partial charge is 0.507 e. The summed E-state index contributed by atoms with van der Waals surface area (Å²) in [6, 6.07) is 20.1. The number of halogens is 1. The quantitative estimate of drug-likeness (QED) is 0.272. The van der Waals surface area contributed by atoms with Crippen molar-refractivity contribution in [2.24, 2.45) is 5.10 Å². The van der Waals surface area contributed by atoms with Crippen LogP contribution < -0.4 is 10.2 Å². The highest BCUT2D eigenvalue weighted by Crippen LogP contribution is 2.22. The summed E-state index contributed by atoms with van der Waals surface area (Å²) in [6.07, 6.45) is 3.66. The molecule has 0 spiro atoms. The number of rotatable bonds is 8. The normalized spacial score (nSPS) is 10.7. The first-order valence-electron chi connectivity index (χ1n) is 9.30. The number of phenols is 1. The second kappa shape index (κ2) is 10.4. The first-order chi connectivity index (χ1) is 14.6. The molecule has 152 valence electrons. The fourth-order valence-electron chi connectivity index (χ4n) is 2.78. The van der Waals surface area contributed by atoms with Crippen LogP contribution in [0.2, 0.25) is 0 Å². The number of hydrogen-bond acceptors (Lipinski definition) is 4. The van der Waals surface area contributed by atoms with Crippen LogP contribution in [-0.4, -0.2) is 17.2 Å². The van der Waals surface area contributed by atoms with E-state index in [9.17, 15) is 9.90 Å². The van der Waals surface area contributed by atoms with Gasteiger partial charge in [0.15, 0.2) is 0 Å². The topological polar surface area (TPSA) is 70.9 Å². The Morgan fingerprint density at radius 3 is 2.63 bits per heavy atom. The van der Waals surface area contributed by atoms with Crippen molar-refractivity contribution in [1.29, 1.82) is 0 Å². The summed E-state index contributed by atoms with van der Waals surface area (Å²) in [5.74, 6) is 0.178. The minimum absolute atomic E-state index is 0.119. The van der Waals surface area contributed by atoms with E-state index < -0.39 is 5.91 Å². The third kappa shape index (κ3) is 5.58. The summed E-state index contributed by atoms with van der Waals surface area (Å²) in [4.78, 5) is 12.6. The first-order valence-corrected chi connectivity index (χ1v) is 10.1. The lowest BCUT2D eigenvalue weighted by atomic mass is 10.1. The molecule has 0 unspecified atom stereocenters. The molecule has 3 rings (SSSR count). The minimum atomic E-state index is -0.403. The molecule has 0 aliphatic carbocycles. The van der Waals surface area contributed by atoms with Crippen LogP contribution in [0.4, 0.5) is 0 Å². The van der Waals surface area contributed by atoms with Crippen molar-refractivity contribution in [3.05, 3.63) is 106 Å². The summed E-state index contributed by atoms with van der Waals surface area (Å²) < 4.78 is 6.82. The second-order valence-corrected chi connectivity index (χ2v) is 7.37. The molecule has 0 aromatic heterocycles. The molecule has 0 saturated heterocycles. The number of ether oxygens (including phenoxy) is 1. The van der Waals surface area contributed by atoms with Gasteiger partial charge in [-0.1, -0.05) is 58.4 Å². The number of aromatic hydroxyl groups is 1. The average Bonchev–Trinajstić information content (AvgIpc) is 2.76. The van der Waals surface area contributed by atoms with E-state index in [1.165, 1.54) is 6.21 Å². The number of para-hydroxylation sites is 2. The van der Waals surface area contributed by atoms with Crippen LogP contribution in [0.3, 0.4) is 0 Å². The Labute approximate surface area is 183 Å². The van der Waals surface area contributed by atoms with Gasteiger partial charge in [-0.25, -0.2) is 5.43 Å². The van der Waals surface area contributed by atoms with E-state index >= 15 is 0 Å². The molecule has 0 radical (unpaired) electrons. The predicted molar refractivity (Wildman–Crippen MR) is 122 cm³/mol. The molecule has 0 heterocycles. The number of hydrazone groups is 1. The van der Waals surface area contributed by atoms with Gasteiger partial charge in [0.2, 0.25) is 0 Å². The first kappa shape index (κ1) is 21.3. The molecule has 1 amide bonds. The van der Waals surface area contributed by atoms with Gasteiger partial charge < -0.3 is 9.84 Å². The van der Waals surface area contributed by atoms with E-state index in [1.54, 1.807) is 36.4 Å². The number of hydrogen-bond donors (Lipinski definition) is 2. The van der Waals surface area contributed by atoms with Crippen molar-refractivity contribution in [2.75, 3.05) is 0 Å². The van der Waals surface area contributed by atoms with Gasteiger partial charge >= 0.3 is 0 Å². The summed E-state index contributed by atoms with van der Waals surface area (Å²) in [5, 5.41) is 14.2. The molecule has 3 aromatic rings. The molecular formula is C24H21BrN2O3. The van der Waals surface area contributed by atoms with Crippen molar-refractivity contribution in [3.63, 3.8) is 0 Å². The SMILES string of the molecule is C=CCc1cccc(/C=N\NC(=O)c2ccccc2OCc2ccc(Br)cc2)c1O. The van der Waals surface area contributed by atoms with Gasteiger partial charge in [-0.05, 0) is 47.9 Å². The maximum atomic E-state index is 12.6. The monoisotopic (exact) mass is 464 g/mol.